The van der Waals surface area contributed by atoms with Crippen molar-refractivity contribution in [2.45, 2.75) is 45.8 Å². The van der Waals surface area contributed by atoms with Gasteiger partial charge in [0.2, 0.25) is 5.91 Å². The first-order valence-electron chi connectivity index (χ1n) is 7.25. The summed E-state index contributed by atoms with van der Waals surface area (Å²) in [5.41, 5.74) is 3.40. The molecule has 22 heavy (non-hydrogen) atoms. The molecule has 0 saturated heterocycles. The number of carbonyl (C=O) groups excluding carboxylic acids is 2. The van der Waals surface area contributed by atoms with Crippen LogP contribution in [0.5, 0.6) is 5.75 Å². The van der Waals surface area contributed by atoms with Gasteiger partial charge in [0.05, 0.1) is 0 Å². The summed E-state index contributed by atoms with van der Waals surface area (Å²) in [6.45, 7) is 6.38. The topological polar surface area (TPSA) is 79.8 Å². The Balaban J connectivity index is 1.86. The first kappa shape index (κ1) is 16.0. The van der Waals surface area contributed by atoms with E-state index < -0.39 is 0 Å². The quantitative estimate of drug-likeness (QED) is 0.889. The molecule has 1 aliphatic heterocycles. The van der Waals surface area contributed by atoms with Crippen molar-refractivity contribution in [1.29, 1.82) is 0 Å². The van der Waals surface area contributed by atoms with Gasteiger partial charge in [0, 0.05) is 19.4 Å². The van der Waals surface area contributed by atoms with Gasteiger partial charge in [-0.05, 0) is 38.5 Å². The van der Waals surface area contributed by atoms with Gasteiger partial charge in [-0.2, -0.15) is 5.10 Å². The van der Waals surface area contributed by atoms with E-state index in [1.54, 1.807) is 0 Å². The van der Waals surface area contributed by atoms with Gasteiger partial charge in [-0.3, -0.25) is 9.59 Å². The summed E-state index contributed by atoms with van der Waals surface area (Å²) in [5.74, 6) is 0.378. The Hall–Kier alpha value is -2.37. The molecular weight excluding hydrogens is 282 g/mol. The van der Waals surface area contributed by atoms with Crippen molar-refractivity contribution in [3.05, 3.63) is 29.8 Å². The maximum Gasteiger partial charge on any atom is 0.267 e. The molecule has 2 amide bonds. The molecule has 2 N–H and O–H groups in total. The van der Waals surface area contributed by atoms with E-state index in [0.717, 1.165) is 11.3 Å². The summed E-state index contributed by atoms with van der Waals surface area (Å²) in [7, 11) is 0. The Bertz CT molecular complexity index is 586. The molecule has 0 radical (unpaired) electrons. The van der Waals surface area contributed by atoms with Crippen molar-refractivity contribution < 1.29 is 14.3 Å². The van der Waals surface area contributed by atoms with E-state index in [1.165, 1.54) is 0 Å². The fourth-order valence-electron chi connectivity index (χ4n) is 1.95. The van der Waals surface area contributed by atoms with Gasteiger partial charge < -0.3 is 10.1 Å². The third-order valence-corrected chi connectivity index (χ3v) is 2.97. The van der Waals surface area contributed by atoms with E-state index in [0.29, 0.717) is 25.1 Å². The van der Waals surface area contributed by atoms with E-state index in [-0.39, 0.29) is 17.4 Å². The highest BCUT2D eigenvalue weighted by atomic mass is 16.5. The van der Waals surface area contributed by atoms with Gasteiger partial charge in [0.15, 0.2) is 0 Å². The van der Waals surface area contributed by atoms with Crippen LogP contribution < -0.4 is 15.5 Å². The minimum atomic E-state index is -0.255. The maximum absolute atomic E-state index is 11.9. The van der Waals surface area contributed by atoms with Crippen LogP contribution in [-0.2, 0) is 16.1 Å². The van der Waals surface area contributed by atoms with E-state index in [1.807, 2.05) is 45.0 Å². The lowest BCUT2D eigenvalue weighted by Crippen LogP contribution is -2.36. The lowest BCUT2D eigenvalue weighted by atomic mass is 10.1. The van der Waals surface area contributed by atoms with Crippen molar-refractivity contribution in [2.24, 2.45) is 5.10 Å². The van der Waals surface area contributed by atoms with Crippen molar-refractivity contribution in [1.82, 2.24) is 10.7 Å². The van der Waals surface area contributed by atoms with Crippen LogP contribution >= 0.6 is 0 Å². The van der Waals surface area contributed by atoms with Gasteiger partial charge in [-0.1, -0.05) is 12.1 Å². The second-order valence-corrected chi connectivity index (χ2v) is 6.13. The number of rotatable bonds is 4. The van der Waals surface area contributed by atoms with Crippen LogP contribution in [0.25, 0.3) is 0 Å². The summed E-state index contributed by atoms with van der Waals surface area (Å²) in [5, 5.41) is 6.55. The van der Waals surface area contributed by atoms with Crippen LogP contribution in [-0.4, -0.2) is 23.1 Å². The van der Waals surface area contributed by atoms with Crippen LogP contribution in [0.1, 0.15) is 39.2 Å². The second-order valence-electron chi connectivity index (χ2n) is 6.13. The number of carbonyl (C=O) groups is 2. The van der Waals surface area contributed by atoms with E-state index in [4.69, 9.17) is 4.74 Å². The molecule has 0 atom stereocenters. The molecule has 0 aliphatic carbocycles. The van der Waals surface area contributed by atoms with Crippen molar-refractivity contribution in [2.75, 3.05) is 0 Å². The highest BCUT2D eigenvalue weighted by Gasteiger charge is 2.17. The standard InChI is InChI=1S/C16H21N3O3/c1-16(2,3)22-12-6-4-11(5-7-12)10-17-15(21)13-8-9-14(20)19-18-13/h4-7H,8-10H2,1-3H3,(H,17,21)(H,19,20). The molecule has 1 aliphatic rings. The molecule has 0 spiro atoms. The molecule has 0 saturated carbocycles. The van der Waals surface area contributed by atoms with Gasteiger partial charge >= 0.3 is 0 Å². The lowest BCUT2D eigenvalue weighted by molar-refractivity contribution is -0.121. The zero-order valence-corrected chi connectivity index (χ0v) is 13.1. The van der Waals surface area contributed by atoms with Crippen LogP contribution in [0.15, 0.2) is 29.4 Å². The predicted molar refractivity (Wildman–Crippen MR) is 83.5 cm³/mol. The largest absolute Gasteiger partial charge is 0.488 e. The number of benzene rings is 1. The molecule has 2 rings (SSSR count). The zero-order valence-electron chi connectivity index (χ0n) is 13.1. The van der Waals surface area contributed by atoms with E-state index in [2.05, 4.69) is 15.8 Å². The SMILES string of the molecule is CC(C)(C)Oc1ccc(CNC(=O)C2=NNC(=O)CC2)cc1. The molecule has 1 aromatic rings. The smallest absolute Gasteiger partial charge is 0.267 e. The summed E-state index contributed by atoms with van der Waals surface area (Å²) >= 11 is 0. The number of hydrogen-bond donors (Lipinski definition) is 2. The molecular formula is C16H21N3O3. The molecule has 118 valence electrons. The van der Waals surface area contributed by atoms with Crippen molar-refractivity contribution >= 4 is 17.5 Å². The number of hydrogen-bond acceptors (Lipinski definition) is 4. The Morgan fingerprint density at radius 2 is 1.95 bits per heavy atom. The monoisotopic (exact) mass is 303 g/mol. The third-order valence-electron chi connectivity index (χ3n) is 2.97. The Labute approximate surface area is 129 Å². The molecule has 0 bridgehead atoms. The summed E-state index contributed by atoms with van der Waals surface area (Å²) in [6.07, 6.45) is 0.668. The fraction of sp³-hybridized carbons (Fsp3) is 0.438. The Kier molecular flexibility index (Phi) is 4.80. The van der Waals surface area contributed by atoms with Gasteiger partial charge in [-0.15, -0.1) is 0 Å². The Morgan fingerprint density at radius 1 is 1.27 bits per heavy atom. The second kappa shape index (κ2) is 6.60. The van der Waals surface area contributed by atoms with Crippen LogP contribution in [0.2, 0.25) is 0 Å². The number of ether oxygens (including phenoxy) is 1. The van der Waals surface area contributed by atoms with Gasteiger partial charge in [-0.25, -0.2) is 5.43 Å². The first-order valence-corrected chi connectivity index (χ1v) is 7.25. The number of amides is 2. The minimum Gasteiger partial charge on any atom is -0.488 e. The number of nitrogens with one attached hydrogen (secondary N) is 2. The van der Waals surface area contributed by atoms with Crippen molar-refractivity contribution in [3.63, 3.8) is 0 Å². The van der Waals surface area contributed by atoms with E-state index >= 15 is 0 Å². The highest BCUT2D eigenvalue weighted by molar-refractivity contribution is 6.39. The molecule has 0 fully saturated rings. The average molecular weight is 303 g/mol. The number of hydrazone groups is 1. The Morgan fingerprint density at radius 3 is 2.50 bits per heavy atom. The normalized spacial score (nSPS) is 14.9. The molecule has 0 unspecified atom stereocenters. The van der Waals surface area contributed by atoms with Crippen LogP contribution in [0.4, 0.5) is 0 Å². The average Bonchev–Trinajstić information content (AvgIpc) is 2.45. The fourth-order valence-corrected chi connectivity index (χ4v) is 1.95. The predicted octanol–water partition coefficient (Wildman–Crippen LogP) is 1.75. The van der Waals surface area contributed by atoms with Gasteiger partial charge in [0.25, 0.3) is 5.91 Å². The third kappa shape index (κ3) is 4.87. The van der Waals surface area contributed by atoms with Crippen molar-refractivity contribution in [3.8, 4) is 5.75 Å². The number of nitrogens with zero attached hydrogens (tertiary/aromatic N) is 1. The lowest BCUT2D eigenvalue weighted by Gasteiger charge is -2.21. The minimum absolute atomic E-state index is 0.161. The zero-order chi connectivity index (χ0) is 16.2. The summed E-state index contributed by atoms with van der Waals surface area (Å²) in [4.78, 5) is 22.9. The molecule has 0 aromatic heterocycles. The molecule has 6 nitrogen and oxygen atoms in total. The van der Waals surface area contributed by atoms with E-state index in [9.17, 15) is 9.59 Å². The van der Waals surface area contributed by atoms with Crippen LogP contribution in [0, 0.1) is 0 Å². The van der Waals surface area contributed by atoms with Crippen LogP contribution in [0.3, 0.4) is 0 Å². The first-order chi connectivity index (χ1) is 10.3. The summed E-state index contributed by atoms with van der Waals surface area (Å²) < 4.78 is 5.74. The summed E-state index contributed by atoms with van der Waals surface area (Å²) in [6, 6.07) is 7.58. The van der Waals surface area contributed by atoms with Gasteiger partial charge in [0.1, 0.15) is 17.1 Å². The molecule has 1 heterocycles. The highest BCUT2D eigenvalue weighted by Crippen LogP contribution is 2.18. The molecule has 1 aromatic carbocycles. The maximum atomic E-state index is 11.9. The molecule has 6 heteroatoms.